The predicted molar refractivity (Wildman–Crippen MR) is 76.3 cm³/mol. The van der Waals surface area contributed by atoms with Gasteiger partial charge in [-0.2, -0.15) is 0 Å². The SMILES string of the molecule is CCCc1nc(Br)cc(NCCC(C)(C)C)n1. The normalized spacial score (nSPS) is 11.6. The molecule has 0 saturated heterocycles. The Bertz CT molecular complexity index is 358. The van der Waals surface area contributed by atoms with Gasteiger partial charge in [0, 0.05) is 19.0 Å². The lowest BCUT2D eigenvalue weighted by atomic mass is 9.92. The fourth-order valence-corrected chi connectivity index (χ4v) is 1.88. The van der Waals surface area contributed by atoms with Gasteiger partial charge in [-0.15, -0.1) is 0 Å². The van der Waals surface area contributed by atoms with E-state index in [4.69, 9.17) is 0 Å². The Balaban J connectivity index is 2.58. The van der Waals surface area contributed by atoms with Crippen LogP contribution in [0.2, 0.25) is 0 Å². The third-order valence-electron chi connectivity index (χ3n) is 2.40. The van der Waals surface area contributed by atoms with E-state index in [0.29, 0.717) is 5.41 Å². The van der Waals surface area contributed by atoms with Gasteiger partial charge in [0.25, 0.3) is 0 Å². The first-order valence-electron chi connectivity index (χ1n) is 6.18. The third kappa shape index (κ3) is 6.01. The quantitative estimate of drug-likeness (QED) is 0.834. The maximum Gasteiger partial charge on any atom is 0.132 e. The summed E-state index contributed by atoms with van der Waals surface area (Å²) >= 11 is 3.42. The number of aromatic nitrogens is 2. The Labute approximate surface area is 113 Å². The van der Waals surface area contributed by atoms with E-state index in [1.165, 1.54) is 0 Å². The van der Waals surface area contributed by atoms with Gasteiger partial charge < -0.3 is 5.32 Å². The average molecular weight is 300 g/mol. The van der Waals surface area contributed by atoms with Crippen LogP contribution in [0.4, 0.5) is 5.82 Å². The number of rotatable bonds is 5. The Morgan fingerprint density at radius 2 is 2.00 bits per heavy atom. The Hall–Kier alpha value is -0.640. The summed E-state index contributed by atoms with van der Waals surface area (Å²) in [5.74, 6) is 1.82. The Morgan fingerprint density at radius 3 is 2.59 bits per heavy atom. The molecule has 0 unspecified atom stereocenters. The van der Waals surface area contributed by atoms with Crippen molar-refractivity contribution in [3.05, 3.63) is 16.5 Å². The summed E-state index contributed by atoms with van der Waals surface area (Å²) in [6.07, 6.45) is 3.11. The summed E-state index contributed by atoms with van der Waals surface area (Å²) in [4.78, 5) is 8.84. The minimum Gasteiger partial charge on any atom is -0.370 e. The van der Waals surface area contributed by atoms with Crippen molar-refractivity contribution >= 4 is 21.7 Å². The zero-order valence-electron chi connectivity index (χ0n) is 11.2. The van der Waals surface area contributed by atoms with Gasteiger partial charge in [-0.25, -0.2) is 9.97 Å². The maximum absolute atomic E-state index is 4.49. The van der Waals surface area contributed by atoms with Gasteiger partial charge in [0.2, 0.25) is 0 Å². The molecule has 17 heavy (non-hydrogen) atoms. The predicted octanol–water partition coefficient (Wildman–Crippen LogP) is 4.04. The molecule has 0 amide bonds. The molecule has 0 aromatic carbocycles. The molecule has 0 aliphatic rings. The van der Waals surface area contributed by atoms with Gasteiger partial charge in [0.15, 0.2) is 0 Å². The molecule has 0 bridgehead atoms. The smallest absolute Gasteiger partial charge is 0.132 e. The van der Waals surface area contributed by atoms with E-state index in [1.807, 2.05) is 6.07 Å². The molecular weight excluding hydrogens is 278 g/mol. The molecule has 0 spiro atoms. The second-order valence-electron chi connectivity index (χ2n) is 5.48. The van der Waals surface area contributed by atoms with Crippen molar-refractivity contribution in [1.82, 2.24) is 9.97 Å². The van der Waals surface area contributed by atoms with Crippen molar-refractivity contribution < 1.29 is 0 Å². The van der Waals surface area contributed by atoms with Gasteiger partial charge in [0.05, 0.1) is 0 Å². The molecule has 0 radical (unpaired) electrons. The highest BCUT2D eigenvalue weighted by Gasteiger charge is 2.09. The first-order valence-corrected chi connectivity index (χ1v) is 6.97. The van der Waals surface area contributed by atoms with E-state index in [1.54, 1.807) is 0 Å². The maximum atomic E-state index is 4.49. The largest absolute Gasteiger partial charge is 0.370 e. The molecule has 0 aliphatic heterocycles. The summed E-state index contributed by atoms with van der Waals surface area (Å²) in [7, 11) is 0. The summed E-state index contributed by atoms with van der Waals surface area (Å²) in [6.45, 7) is 9.81. The van der Waals surface area contributed by atoms with Gasteiger partial charge in [-0.1, -0.05) is 27.7 Å². The van der Waals surface area contributed by atoms with Gasteiger partial charge in [-0.3, -0.25) is 0 Å². The molecule has 0 atom stereocenters. The lowest BCUT2D eigenvalue weighted by Crippen LogP contribution is -2.14. The van der Waals surface area contributed by atoms with E-state index in [0.717, 1.165) is 42.1 Å². The van der Waals surface area contributed by atoms with Crippen LogP contribution < -0.4 is 5.32 Å². The van der Waals surface area contributed by atoms with Crippen LogP contribution in [0.1, 0.15) is 46.4 Å². The van der Waals surface area contributed by atoms with E-state index in [-0.39, 0.29) is 0 Å². The average Bonchev–Trinajstić information content (AvgIpc) is 2.15. The van der Waals surface area contributed by atoms with Crippen LogP contribution in [0.3, 0.4) is 0 Å². The van der Waals surface area contributed by atoms with E-state index >= 15 is 0 Å². The summed E-state index contributed by atoms with van der Waals surface area (Å²) < 4.78 is 0.856. The van der Waals surface area contributed by atoms with Crippen LogP contribution >= 0.6 is 15.9 Å². The summed E-state index contributed by atoms with van der Waals surface area (Å²) in [5.41, 5.74) is 0.351. The second-order valence-corrected chi connectivity index (χ2v) is 6.29. The highest BCUT2D eigenvalue weighted by molar-refractivity contribution is 9.10. The first kappa shape index (κ1) is 14.4. The molecule has 1 heterocycles. The van der Waals surface area contributed by atoms with Crippen molar-refractivity contribution in [3.63, 3.8) is 0 Å². The van der Waals surface area contributed by atoms with Crippen LogP contribution in [0.25, 0.3) is 0 Å². The number of nitrogens with zero attached hydrogens (tertiary/aromatic N) is 2. The van der Waals surface area contributed by atoms with Gasteiger partial charge >= 0.3 is 0 Å². The molecule has 1 rings (SSSR count). The standard InChI is InChI=1S/C13H22BrN3/c1-5-6-11-16-10(14)9-12(17-11)15-8-7-13(2,3)4/h9H,5-8H2,1-4H3,(H,15,16,17). The Morgan fingerprint density at radius 1 is 1.29 bits per heavy atom. The first-order chi connectivity index (χ1) is 7.90. The highest BCUT2D eigenvalue weighted by atomic mass is 79.9. The Kier molecular flexibility index (Phi) is 5.37. The van der Waals surface area contributed by atoms with Crippen molar-refractivity contribution in [1.29, 1.82) is 0 Å². The molecule has 96 valence electrons. The summed E-state index contributed by atoms with van der Waals surface area (Å²) in [5, 5.41) is 3.36. The zero-order chi connectivity index (χ0) is 12.9. The zero-order valence-corrected chi connectivity index (χ0v) is 12.8. The fourth-order valence-electron chi connectivity index (χ4n) is 1.46. The molecule has 0 aliphatic carbocycles. The lowest BCUT2D eigenvalue weighted by molar-refractivity contribution is 0.389. The molecule has 0 fully saturated rings. The molecule has 0 saturated carbocycles. The molecule has 4 heteroatoms. The van der Waals surface area contributed by atoms with Crippen LogP contribution in [-0.4, -0.2) is 16.5 Å². The molecule has 1 aromatic rings. The third-order valence-corrected chi connectivity index (χ3v) is 2.80. The minimum absolute atomic E-state index is 0.351. The second kappa shape index (κ2) is 6.34. The van der Waals surface area contributed by atoms with Crippen LogP contribution in [0.15, 0.2) is 10.7 Å². The fraction of sp³-hybridized carbons (Fsp3) is 0.692. The molecule has 3 nitrogen and oxygen atoms in total. The number of halogens is 1. The van der Waals surface area contributed by atoms with E-state index in [9.17, 15) is 0 Å². The molecule has 1 aromatic heterocycles. The van der Waals surface area contributed by atoms with Crippen molar-refractivity contribution in [2.75, 3.05) is 11.9 Å². The number of anilines is 1. The van der Waals surface area contributed by atoms with E-state index < -0.39 is 0 Å². The van der Waals surface area contributed by atoms with Crippen molar-refractivity contribution in [3.8, 4) is 0 Å². The minimum atomic E-state index is 0.351. The van der Waals surface area contributed by atoms with Gasteiger partial charge in [0.1, 0.15) is 16.2 Å². The van der Waals surface area contributed by atoms with Crippen LogP contribution in [0, 0.1) is 5.41 Å². The number of aryl methyl sites for hydroxylation is 1. The summed E-state index contributed by atoms with van der Waals surface area (Å²) in [6, 6.07) is 1.93. The lowest BCUT2D eigenvalue weighted by Gasteiger charge is -2.18. The number of nitrogens with one attached hydrogen (secondary N) is 1. The van der Waals surface area contributed by atoms with Crippen molar-refractivity contribution in [2.45, 2.75) is 47.0 Å². The topological polar surface area (TPSA) is 37.8 Å². The van der Waals surface area contributed by atoms with E-state index in [2.05, 4.69) is 58.9 Å². The number of hydrogen-bond donors (Lipinski definition) is 1. The monoisotopic (exact) mass is 299 g/mol. The molecular formula is C13H22BrN3. The van der Waals surface area contributed by atoms with Gasteiger partial charge in [-0.05, 0) is 34.2 Å². The number of hydrogen-bond acceptors (Lipinski definition) is 3. The van der Waals surface area contributed by atoms with Crippen LogP contribution in [0.5, 0.6) is 0 Å². The van der Waals surface area contributed by atoms with Crippen molar-refractivity contribution in [2.24, 2.45) is 5.41 Å². The van der Waals surface area contributed by atoms with Crippen LogP contribution in [-0.2, 0) is 6.42 Å². The molecule has 1 N–H and O–H groups in total. The highest BCUT2D eigenvalue weighted by Crippen LogP contribution is 2.19.